The van der Waals surface area contributed by atoms with Gasteiger partial charge in [0.1, 0.15) is 0 Å². The highest BCUT2D eigenvalue weighted by molar-refractivity contribution is 5.89. The van der Waals surface area contributed by atoms with Gasteiger partial charge in [0.2, 0.25) is 5.91 Å². The third-order valence-corrected chi connectivity index (χ3v) is 3.44. The van der Waals surface area contributed by atoms with Crippen molar-refractivity contribution in [2.45, 2.75) is 47.1 Å². The molecule has 1 aliphatic rings. The second-order valence-corrected chi connectivity index (χ2v) is 6.55. The van der Waals surface area contributed by atoms with Gasteiger partial charge in [-0.25, -0.2) is 4.79 Å². The Hall–Kier alpha value is -1.85. The van der Waals surface area contributed by atoms with E-state index in [0.717, 1.165) is 11.3 Å². The summed E-state index contributed by atoms with van der Waals surface area (Å²) >= 11 is 0. The lowest BCUT2D eigenvalue weighted by molar-refractivity contribution is -0.134. The van der Waals surface area contributed by atoms with E-state index in [1.807, 2.05) is 20.8 Å². The van der Waals surface area contributed by atoms with E-state index in [1.165, 1.54) is 0 Å². The van der Waals surface area contributed by atoms with E-state index in [9.17, 15) is 9.59 Å². The molecule has 1 aromatic heterocycles. The number of H-pyrrole nitrogens is 1. The molecule has 1 amide bonds. The molecule has 0 saturated carbocycles. The van der Waals surface area contributed by atoms with E-state index >= 15 is 0 Å². The summed E-state index contributed by atoms with van der Waals surface area (Å²) in [6.45, 7) is 9.29. The number of hydrogen-bond acceptors (Lipinski definition) is 4. The SMILES string of the molecule is CCOC(=O)c1n[nH]c2c1CN(C(=O)CC(C)(C)C)CC2. The summed E-state index contributed by atoms with van der Waals surface area (Å²) in [5.74, 6) is -0.315. The van der Waals surface area contributed by atoms with Gasteiger partial charge < -0.3 is 9.64 Å². The summed E-state index contributed by atoms with van der Waals surface area (Å²) < 4.78 is 5.00. The summed E-state index contributed by atoms with van der Waals surface area (Å²) in [6.07, 6.45) is 1.19. The van der Waals surface area contributed by atoms with Crippen LogP contribution < -0.4 is 0 Å². The van der Waals surface area contributed by atoms with Crippen LogP contribution in [0, 0.1) is 5.41 Å². The monoisotopic (exact) mass is 293 g/mol. The van der Waals surface area contributed by atoms with Gasteiger partial charge in [0.15, 0.2) is 5.69 Å². The number of aromatic amines is 1. The van der Waals surface area contributed by atoms with Gasteiger partial charge in [0, 0.05) is 37.2 Å². The summed E-state index contributed by atoms with van der Waals surface area (Å²) in [6, 6.07) is 0. The minimum atomic E-state index is -0.430. The van der Waals surface area contributed by atoms with E-state index in [-0.39, 0.29) is 11.3 Å². The van der Waals surface area contributed by atoms with Gasteiger partial charge >= 0.3 is 5.97 Å². The Morgan fingerprint density at radius 2 is 2.10 bits per heavy atom. The molecule has 0 saturated heterocycles. The molecule has 1 aliphatic heterocycles. The molecule has 2 rings (SSSR count). The van der Waals surface area contributed by atoms with Crippen LogP contribution in [0.2, 0.25) is 0 Å². The fourth-order valence-corrected chi connectivity index (χ4v) is 2.44. The van der Waals surface area contributed by atoms with E-state index in [1.54, 1.807) is 11.8 Å². The maximum atomic E-state index is 12.3. The van der Waals surface area contributed by atoms with Crippen molar-refractivity contribution in [1.29, 1.82) is 0 Å². The van der Waals surface area contributed by atoms with Crippen LogP contribution in [0.4, 0.5) is 0 Å². The molecule has 0 aromatic carbocycles. The highest BCUT2D eigenvalue weighted by atomic mass is 16.5. The molecule has 0 spiro atoms. The second-order valence-electron chi connectivity index (χ2n) is 6.55. The molecule has 0 atom stereocenters. The number of nitrogens with one attached hydrogen (secondary N) is 1. The summed E-state index contributed by atoms with van der Waals surface area (Å²) in [5, 5.41) is 6.93. The number of amides is 1. The van der Waals surface area contributed by atoms with Crippen molar-refractivity contribution in [2.24, 2.45) is 5.41 Å². The first-order valence-corrected chi connectivity index (χ1v) is 7.33. The van der Waals surface area contributed by atoms with Crippen LogP contribution in [0.15, 0.2) is 0 Å². The van der Waals surface area contributed by atoms with Gasteiger partial charge in [-0.3, -0.25) is 9.89 Å². The lowest BCUT2D eigenvalue weighted by Crippen LogP contribution is -2.38. The largest absolute Gasteiger partial charge is 0.461 e. The zero-order valence-corrected chi connectivity index (χ0v) is 13.2. The van der Waals surface area contributed by atoms with Crippen molar-refractivity contribution in [3.8, 4) is 0 Å². The molecule has 0 unspecified atom stereocenters. The molecular formula is C15H23N3O3. The predicted molar refractivity (Wildman–Crippen MR) is 77.7 cm³/mol. The topological polar surface area (TPSA) is 75.3 Å². The number of carbonyl (C=O) groups excluding carboxylic acids is 2. The van der Waals surface area contributed by atoms with Crippen LogP contribution in [0.5, 0.6) is 0 Å². The second kappa shape index (κ2) is 5.87. The van der Waals surface area contributed by atoms with Crippen LogP contribution in [0.1, 0.15) is 55.9 Å². The molecule has 1 aromatic rings. The van der Waals surface area contributed by atoms with Crippen LogP contribution in [0.25, 0.3) is 0 Å². The van der Waals surface area contributed by atoms with E-state index in [2.05, 4.69) is 10.2 Å². The number of carbonyl (C=O) groups is 2. The molecule has 21 heavy (non-hydrogen) atoms. The first-order valence-electron chi connectivity index (χ1n) is 7.33. The van der Waals surface area contributed by atoms with Gasteiger partial charge in [-0.05, 0) is 12.3 Å². The van der Waals surface area contributed by atoms with Crippen molar-refractivity contribution >= 4 is 11.9 Å². The van der Waals surface area contributed by atoms with E-state index < -0.39 is 5.97 Å². The lowest BCUT2D eigenvalue weighted by atomic mass is 9.91. The molecule has 0 radical (unpaired) electrons. The van der Waals surface area contributed by atoms with Crippen molar-refractivity contribution in [3.63, 3.8) is 0 Å². The Bertz CT molecular complexity index is 543. The first kappa shape index (κ1) is 15.5. The summed E-state index contributed by atoms with van der Waals surface area (Å²) in [4.78, 5) is 26.0. The van der Waals surface area contributed by atoms with Crippen LogP contribution in [-0.4, -0.2) is 40.1 Å². The lowest BCUT2D eigenvalue weighted by Gasteiger charge is -2.29. The molecule has 6 heteroatoms. The number of hydrogen-bond donors (Lipinski definition) is 1. The minimum Gasteiger partial charge on any atom is -0.461 e. The molecule has 6 nitrogen and oxygen atoms in total. The average molecular weight is 293 g/mol. The Morgan fingerprint density at radius 1 is 1.38 bits per heavy atom. The molecular weight excluding hydrogens is 270 g/mol. The number of esters is 1. The number of ether oxygens (including phenoxy) is 1. The molecule has 116 valence electrons. The van der Waals surface area contributed by atoms with E-state index in [0.29, 0.717) is 38.2 Å². The normalized spacial score (nSPS) is 14.8. The average Bonchev–Trinajstić information content (AvgIpc) is 2.79. The highest BCUT2D eigenvalue weighted by Crippen LogP contribution is 2.25. The maximum absolute atomic E-state index is 12.3. The van der Waals surface area contributed by atoms with Crippen LogP contribution in [-0.2, 0) is 22.5 Å². The number of rotatable bonds is 3. The van der Waals surface area contributed by atoms with Gasteiger partial charge in [0.25, 0.3) is 0 Å². The fraction of sp³-hybridized carbons (Fsp3) is 0.667. The molecule has 0 bridgehead atoms. The minimum absolute atomic E-state index is 0.0439. The first-order chi connectivity index (χ1) is 9.81. The standard InChI is InChI=1S/C15H23N3O3/c1-5-21-14(20)13-10-9-18(7-6-11(10)16-17-13)12(19)8-15(2,3)4/h5-9H2,1-4H3,(H,16,17). The molecule has 0 aliphatic carbocycles. The summed E-state index contributed by atoms with van der Waals surface area (Å²) in [7, 11) is 0. The molecule has 0 fully saturated rings. The van der Waals surface area contributed by atoms with Crippen LogP contribution in [0.3, 0.4) is 0 Å². The third kappa shape index (κ3) is 3.62. The Kier molecular flexibility index (Phi) is 4.34. The number of nitrogens with zero attached hydrogens (tertiary/aromatic N) is 2. The number of aromatic nitrogens is 2. The Balaban J connectivity index is 2.14. The Morgan fingerprint density at radius 3 is 2.71 bits per heavy atom. The van der Waals surface area contributed by atoms with Gasteiger partial charge in [-0.1, -0.05) is 20.8 Å². The Labute approximate surface area is 124 Å². The summed E-state index contributed by atoms with van der Waals surface area (Å²) in [5.41, 5.74) is 1.98. The van der Waals surface area contributed by atoms with Gasteiger partial charge in [0.05, 0.1) is 6.61 Å². The van der Waals surface area contributed by atoms with Gasteiger partial charge in [-0.15, -0.1) is 0 Å². The quantitative estimate of drug-likeness (QED) is 0.864. The van der Waals surface area contributed by atoms with Crippen LogP contribution >= 0.6 is 0 Å². The molecule has 1 N–H and O–H groups in total. The fourth-order valence-electron chi connectivity index (χ4n) is 2.44. The van der Waals surface area contributed by atoms with E-state index in [4.69, 9.17) is 4.74 Å². The maximum Gasteiger partial charge on any atom is 0.359 e. The van der Waals surface area contributed by atoms with Crippen molar-refractivity contribution in [1.82, 2.24) is 15.1 Å². The number of fused-ring (bicyclic) bond motifs is 1. The molecule has 2 heterocycles. The van der Waals surface area contributed by atoms with Gasteiger partial charge in [-0.2, -0.15) is 5.10 Å². The smallest absolute Gasteiger partial charge is 0.359 e. The van der Waals surface area contributed by atoms with Crippen molar-refractivity contribution in [3.05, 3.63) is 17.0 Å². The zero-order valence-electron chi connectivity index (χ0n) is 13.2. The predicted octanol–water partition coefficient (Wildman–Crippen LogP) is 1.91. The van der Waals surface area contributed by atoms with Crippen molar-refractivity contribution in [2.75, 3.05) is 13.2 Å². The highest BCUT2D eigenvalue weighted by Gasteiger charge is 2.29. The van der Waals surface area contributed by atoms with Crippen molar-refractivity contribution < 1.29 is 14.3 Å². The zero-order chi connectivity index (χ0) is 15.6. The third-order valence-electron chi connectivity index (χ3n) is 3.44.